The third-order valence-electron chi connectivity index (χ3n) is 7.66. The van der Waals surface area contributed by atoms with Crippen molar-refractivity contribution in [2.75, 3.05) is 0 Å². The second-order valence-electron chi connectivity index (χ2n) is 9.92. The van der Waals surface area contributed by atoms with Crippen LogP contribution in [0.1, 0.15) is 69.1 Å². The summed E-state index contributed by atoms with van der Waals surface area (Å²) < 4.78 is 5.69. The number of ketones is 2. The van der Waals surface area contributed by atoms with Gasteiger partial charge in [-0.25, -0.2) is 0 Å². The molecule has 1 fully saturated rings. The highest BCUT2D eigenvalue weighted by atomic mass is 16.5. The Hall–Kier alpha value is -3.66. The maximum absolute atomic E-state index is 13.9. The number of primary amides is 1. The number of benzene rings is 1. The number of carbonyl (C=O) groups excluding carboxylic acids is 4. The van der Waals surface area contributed by atoms with E-state index in [1.165, 1.54) is 6.07 Å². The summed E-state index contributed by atoms with van der Waals surface area (Å²) in [6.07, 6.45) is -1.99. The average Bonchev–Trinajstić information content (AvgIpc) is 2.80. The van der Waals surface area contributed by atoms with Crippen molar-refractivity contribution >= 4 is 29.2 Å². The summed E-state index contributed by atoms with van der Waals surface area (Å²) in [5.74, 6) is -9.36. The molecular weight excluding hydrogens is 470 g/mol. The van der Waals surface area contributed by atoms with Crippen molar-refractivity contribution in [1.29, 1.82) is 0 Å². The number of aliphatic hydroxyl groups is 3. The molecule has 3 aliphatic carbocycles. The zero-order valence-corrected chi connectivity index (χ0v) is 20.4. The Morgan fingerprint density at radius 2 is 1.83 bits per heavy atom. The Labute approximate surface area is 207 Å². The average molecular weight is 500 g/mol. The van der Waals surface area contributed by atoms with Crippen LogP contribution in [0.4, 0.5) is 0 Å². The first-order valence-corrected chi connectivity index (χ1v) is 11.8. The lowest BCUT2D eigenvalue weighted by molar-refractivity contribution is -0.178. The number of aliphatic hydroxyl groups excluding tert-OH is 2. The number of Topliss-reactive ketones (excluding diaryl/α,β-unsaturated/α-hetero) is 2. The summed E-state index contributed by atoms with van der Waals surface area (Å²) in [5.41, 5.74) is 2.42. The smallest absolute Gasteiger partial charge is 0.305 e. The Bertz CT molecular complexity index is 1270. The van der Waals surface area contributed by atoms with E-state index < -0.39 is 76.4 Å². The van der Waals surface area contributed by atoms with Gasteiger partial charge in [0.2, 0.25) is 5.78 Å². The standard InChI is InChI=1S/C26H29NO9/c1-5-15(30)36-22-12-8-14(29)19(25(27)34)23(32)26(12,35)24(33)20-17(22)10(4)16-11(9(2)3)6-7-13(28)18(16)21(20)31/h6-7,9-10,12,17,22,28,31-32,35H,5,8H2,1-4H3,(H2,27,34). The second kappa shape index (κ2) is 8.48. The van der Waals surface area contributed by atoms with Crippen molar-refractivity contribution in [3.8, 4) is 5.75 Å². The van der Waals surface area contributed by atoms with Gasteiger partial charge in [0.05, 0.1) is 5.56 Å². The first kappa shape index (κ1) is 25.4. The van der Waals surface area contributed by atoms with Crippen LogP contribution in [0.15, 0.2) is 29.0 Å². The van der Waals surface area contributed by atoms with Crippen molar-refractivity contribution in [2.24, 2.45) is 17.6 Å². The second-order valence-corrected chi connectivity index (χ2v) is 9.92. The van der Waals surface area contributed by atoms with E-state index in [-0.39, 0.29) is 29.2 Å². The number of phenols is 1. The fraction of sp³-hybridized carbons (Fsp3) is 0.462. The zero-order valence-electron chi connectivity index (χ0n) is 20.4. The summed E-state index contributed by atoms with van der Waals surface area (Å²) >= 11 is 0. The predicted octanol–water partition coefficient (Wildman–Crippen LogP) is 2.04. The van der Waals surface area contributed by atoms with E-state index in [1.807, 2.05) is 13.8 Å². The van der Waals surface area contributed by atoms with Crippen molar-refractivity contribution in [3.05, 3.63) is 45.7 Å². The molecule has 5 unspecified atom stereocenters. The van der Waals surface area contributed by atoms with E-state index in [0.29, 0.717) is 5.56 Å². The fourth-order valence-electron chi connectivity index (χ4n) is 5.97. The summed E-state index contributed by atoms with van der Waals surface area (Å²) in [5, 5.41) is 44.5. The van der Waals surface area contributed by atoms with Gasteiger partial charge in [-0.3, -0.25) is 19.2 Å². The van der Waals surface area contributed by atoms with Crippen molar-refractivity contribution in [2.45, 2.75) is 64.1 Å². The molecule has 192 valence electrons. The van der Waals surface area contributed by atoms with E-state index in [0.717, 1.165) is 5.56 Å². The highest BCUT2D eigenvalue weighted by Crippen LogP contribution is 2.57. The molecular formula is C26H29NO9. The van der Waals surface area contributed by atoms with Gasteiger partial charge in [0, 0.05) is 30.3 Å². The largest absolute Gasteiger partial charge is 0.508 e. The Morgan fingerprint density at radius 1 is 1.19 bits per heavy atom. The minimum atomic E-state index is -2.86. The topological polar surface area (TPSA) is 184 Å². The van der Waals surface area contributed by atoms with Gasteiger partial charge in [-0.1, -0.05) is 33.8 Å². The normalized spacial score (nSPS) is 29.6. The first-order valence-electron chi connectivity index (χ1n) is 11.8. The molecule has 0 saturated heterocycles. The Balaban J connectivity index is 2.08. The molecule has 0 aromatic heterocycles. The number of carbonyl (C=O) groups is 4. The van der Waals surface area contributed by atoms with Crippen LogP contribution in [0.3, 0.4) is 0 Å². The molecule has 1 aromatic carbocycles. The van der Waals surface area contributed by atoms with Crippen LogP contribution in [0, 0.1) is 11.8 Å². The van der Waals surface area contributed by atoms with E-state index >= 15 is 0 Å². The maximum atomic E-state index is 13.9. The van der Waals surface area contributed by atoms with Crippen LogP contribution >= 0.6 is 0 Å². The molecule has 3 aliphatic rings. The number of amides is 1. The lowest BCUT2D eigenvalue weighted by atomic mass is 9.55. The fourth-order valence-corrected chi connectivity index (χ4v) is 5.97. The van der Waals surface area contributed by atoms with Gasteiger partial charge in [-0.2, -0.15) is 0 Å². The summed E-state index contributed by atoms with van der Waals surface area (Å²) in [6.45, 7) is 7.12. The molecule has 10 nitrogen and oxygen atoms in total. The van der Waals surface area contributed by atoms with E-state index in [9.17, 15) is 39.6 Å². The molecule has 4 rings (SSSR count). The lowest BCUT2D eigenvalue weighted by Crippen LogP contribution is -2.64. The van der Waals surface area contributed by atoms with Gasteiger partial charge in [0.15, 0.2) is 11.4 Å². The van der Waals surface area contributed by atoms with E-state index in [4.69, 9.17) is 10.5 Å². The molecule has 10 heteroatoms. The highest BCUT2D eigenvalue weighted by molar-refractivity contribution is 6.23. The quantitative estimate of drug-likeness (QED) is 0.305. The van der Waals surface area contributed by atoms with Crippen molar-refractivity contribution < 1.29 is 44.3 Å². The minimum Gasteiger partial charge on any atom is -0.508 e. The van der Waals surface area contributed by atoms with Gasteiger partial charge in [-0.15, -0.1) is 0 Å². The molecule has 0 bridgehead atoms. The Morgan fingerprint density at radius 3 is 2.39 bits per heavy atom. The molecule has 5 atom stereocenters. The molecule has 1 amide bonds. The van der Waals surface area contributed by atoms with Gasteiger partial charge < -0.3 is 30.9 Å². The lowest BCUT2D eigenvalue weighted by Gasteiger charge is -2.51. The molecule has 0 heterocycles. The number of aromatic hydroxyl groups is 1. The number of fused-ring (bicyclic) bond motifs is 3. The van der Waals surface area contributed by atoms with Crippen molar-refractivity contribution in [1.82, 2.24) is 0 Å². The van der Waals surface area contributed by atoms with Crippen molar-refractivity contribution in [3.63, 3.8) is 0 Å². The van der Waals surface area contributed by atoms with Gasteiger partial charge >= 0.3 is 5.97 Å². The highest BCUT2D eigenvalue weighted by Gasteiger charge is 2.66. The third-order valence-corrected chi connectivity index (χ3v) is 7.66. The minimum absolute atomic E-state index is 0.00129. The number of rotatable bonds is 4. The number of hydrogen-bond acceptors (Lipinski definition) is 9. The zero-order chi connectivity index (χ0) is 26.9. The molecule has 0 spiro atoms. The van der Waals surface area contributed by atoms with Crippen LogP contribution in [0.2, 0.25) is 0 Å². The van der Waals surface area contributed by atoms with Crippen LogP contribution in [0.5, 0.6) is 5.75 Å². The first-order chi connectivity index (χ1) is 16.8. The predicted molar refractivity (Wildman–Crippen MR) is 126 cm³/mol. The summed E-state index contributed by atoms with van der Waals surface area (Å²) in [4.78, 5) is 51.0. The number of esters is 1. The maximum Gasteiger partial charge on any atom is 0.305 e. The third kappa shape index (κ3) is 3.27. The van der Waals surface area contributed by atoms with Crippen LogP contribution < -0.4 is 5.73 Å². The Kier molecular flexibility index (Phi) is 5.99. The monoisotopic (exact) mass is 499 g/mol. The molecule has 0 aliphatic heterocycles. The number of hydrogen-bond donors (Lipinski definition) is 5. The number of ether oxygens (including phenoxy) is 1. The summed E-state index contributed by atoms with van der Waals surface area (Å²) in [7, 11) is 0. The number of phenolic OH excluding ortho intramolecular Hbond substituents is 1. The van der Waals surface area contributed by atoms with E-state index in [2.05, 4.69) is 0 Å². The molecule has 1 saturated carbocycles. The SMILES string of the molecule is CCC(=O)OC1C2C(=C(O)c3c(O)ccc(C(C)C)c3C2C)C(=O)C2(O)C(O)=C(C(N)=O)C(=O)CC12. The molecule has 36 heavy (non-hydrogen) atoms. The van der Waals surface area contributed by atoms with Crippen LogP contribution in [-0.4, -0.2) is 55.6 Å². The van der Waals surface area contributed by atoms with Gasteiger partial charge in [0.25, 0.3) is 5.91 Å². The van der Waals surface area contributed by atoms with E-state index in [1.54, 1.807) is 19.9 Å². The van der Waals surface area contributed by atoms with Crippen LogP contribution in [0.25, 0.3) is 5.76 Å². The molecule has 6 N–H and O–H groups in total. The molecule has 1 aromatic rings. The molecule has 0 radical (unpaired) electrons. The van der Waals surface area contributed by atoms with Crippen LogP contribution in [-0.2, 0) is 23.9 Å². The van der Waals surface area contributed by atoms with Gasteiger partial charge in [0.1, 0.15) is 28.9 Å². The summed E-state index contributed by atoms with van der Waals surface area (Å²) in [6, 6.07) is 3.10. The van der Waals surface area contributed by atoms with Gasteiger partial charge in [-0.05, 0) is 29.0 Å². The number of nitrogens with two attached hydrogens (primary N) is 1.